The first kappa shape index (κ1) is 15.4. The Morgan fingerprint density at radius 1 is 1.38 bits per heavy atom. The molecule has 4 nitrogen and oxygen atoms in total. The molecule has 0 saturated carbocycles. The van der Waals surface area contributed by atoms with Crippen molar-refractivity contribution in [3.8, 4) is 0 Å². The van der Waals surface area contributed by atoms with Crippen LogP contribution >= 0.6 is 0 Å². The van der Waals surface area contributed by atoms with Gasteiger partial charge in [0.05, 0.1) is 18.6 Å². The lowest BCUT2D eigenvalue weighted by atomic mass is 10.0. The first-order chi connectivity index (χ1) is 10.2. The highest BCUT2D eigenvalue weighted by Crippen LogP contribution is 2.20. The molecule has 21 heavy (non-hydrogen) atoms. The predicted octanol–water partition coefficient (Wildman–Crippen LogP) is 2.75. The number of amides is 1. The minimum Gasteiger partial charge on any atom is -0.445 e. The molecule has 0 unspecified atom stereocenters. The Balaban J connectivity index is 1.75. The Morgan fingerprint density at radius 2 is 2.14 bits per heavy atom. The maximum absolute atomic E-state index is 12.9. The van der Waals surface area contributed by atoms with Crippen molar-refractivity contribution in [2.24, 2.45) is 5.92 Å². The Labute approximate surface area is 121 Å². The number of alkyl halides is 2. The second-order valence-electron chi connectivity index (χ2n) is 4.67. The van der Waals surface area contributed by atoms with Gasteiger partial charge in [0.2, 0.25) is 6.43 Å². The summed E-state index contributed by atoms with van der Waals surface area (Å²) < 4.78 is 36.0. The molecule has 114 valence electrons. The minimum atomic E-state index is -2.58. The predicted molar refractivity (Wildman–Crippen MR) is 73.0 cm³/mol. The van der Waals surface area contributed by atoms with E-state index in [0.29, 0.717) is 6.61 Å². The van der Waals surface area contributed by atoms with E-state index in [9.17, 15) is 13.6 Å². The van der Waals surface area contributed by atoms with Crippen LogP contribution in [0.25, 0.3) is 0 Å². The van der Waals surface area contributed by atoms with Crippen LogP contribution in [0.5, 0.6) is 0 Å². The van der Waals surface area contributed by atoms with Gasteiger partial charge in [0.1, 0.15) is 6.61 Å². The maximum atomic E-state index is 12.9. The van der Waals surface area contributed by atoms with Gasteiger partial charge >= 0.3 is 6.09 Å². The second-order valence-corrected chi connectivity index (χ2v) is 4.67. The molecule has 6 heteroatoms. The van der Waals surface area contributed by atoms with Gasteiger partial charge in [0, 0.05) is 6.54 Å². The number of halogens is 2. The first-order valence-electron chi connectivity index (χ1n) is 6.68. The molecule has 1 heterocycles. The molecule has 1 N–H and O–H groups in total. The number of benzene rings is 1. The van der Waals surface area contributed by atoms with E-state index in [0.717, 1.165) is 5.56 Å². The van der Waals surface area contributed by atoms with Crippen LogP contribution in [0, 0.1) is 5.92 Å². The maximum Gasteiger partial charge on any atom is 0.407 e. The number of ether oxygens (including phenoxy) is 2. The van der Waals surface area contributed by atoms with Crippen LogP contribution in [0.1, 0.15) is 5.56 Å². The van der Waals surface area contributed by atoms with Crippen LogP contribution in [-0.4, -0.2) is 31.8 Å². The fourth-order valence-electron chi connectivity index (χ4n) is 2.00. The van der Waals surface area contributed by atoms with Crippen molar-refractivity contribution in [2.75, 3.05) is 13.2 Å². The molecule has 0 radical (unpaired) electrons. The number of carbonyl (C=O) groups excluding carboxylic acids is 1. The van der Waals surface area contributed by atoms with E-state index in [-0.39, 0.29) is 13.2 Å². The third kappa shape index (κ3) is 4.82. The van der Waals surface area contributed by atoms with Crippen molar-refractivity contribution < 1.29 is 23.0 Å². The molecule has 1 aromatic carbocycles. The smallest absolute Gasteiger partial charge is 0.407 e. The Hall–Kier alpha value is -1.95. The van der Waals surface area contributed by atoms with Crippen LogP contribution in [0.2, 0.25) is 0 Å². The molecule has 1 amide bonds. The first-order valence-corrected chi connectivity index (χ1v) is 6.68. The fourth-order valence-corrected chi connectivity index (χ4v) is 2.00. The van der Waals surface area contributed by atoms with E-state index < -0.39 is 24.5 Å². The van der Waals surface area contributed by atoms with Gasteiger partial charge < -0.3 is 14.8 Å². The van der Waals surface area contributed by atoms with Crippen molar-refractivity contribution in [2.45, 2.75) is 19.1 Å². The summed E-state index contributed by atoms with van der Waals surface area (Å²) in [5, 5.41) is 2.36. The van der Waals surface area contributed by atoms with Crippen LogP contribution in [0.15, 0.2) is 42.5 Å². The fraction of sp³-hybridized carbons (Fsp3) is 0.400. The van der Waals surface area contributed by atoms with Crippen molar-refractivity contribution >= 4 is 6.09 Å². The van der Waals surface area contributed by atoms with E-state index >= 15 is 0 Å². The molecule has 2 rings (SSSR count). The van der Waals surface area contributed by atoms with Crippen LogP contribution in [-0.2, 0) is 16.1 Å². The Morgan fingerprint density at radius 3 is 2.76 bits per heavy atom. The number of hydrogen-bond donors (Lipinski definition) is 1. The van der Waals surface area contributed by atoms with E-state index in [2.05, 4.69) is 5.32 Å². The quantitative estimate of drug-likeness (QED) is 0.821. The number of hydrogen-bond acceptors (Lipinski definition) is 3. The number of alkyl carbamates (subject to hydrolysis) is 1. The highest BCUT2D eigenvalue weighted by Gasteiger charge is 2.31. The Kier molecular flexibility index (Phi) is 5.68. The standard InChI is InChI=1S/C15H17F2NO3/c16-14(17)12(13-7-4-8-20-13)9-18-15(19)21-10-11-5-2-1-3-6-11/h1-7,12-14H,8-10H2,(H,18,19)/t12-,13+/m1/s1. The van der Waals surface area contributed by atoms with E-state index in [1.165, 1.54) is 0 Å². The molecule has 1 aliphatic heterocycles. The second kappa shape index (κ2) is 7.73. The van der Waals surface area contributed by atoms with E-state index in [4.69, 9.17) is 9.47 Å². The molecule has 0 aliphatic carbocycles. The highest BCUT2D eigenvalue weighted by atomic mass is 19.3. The molecule has 0 fully saturated rings. The van der Waals surface area contributed by atoms with Crippen LogP contribution in [0.4, 0.5) is 13.6 Å². The lowest BCUT2D eigenvalue weighted by Crippen LogP contribution is -2.38. The van der Waals surface area contributed by atoms with Crippen molar-refractivity contribution in [3.63, 3.8) is 0 Å². The van der Waals surface area contributed by atoms with Crippen molar-refractivity contribution in [1.82, 2.24) is 5.32 Å². The summed E-state index contributed by atoms with van der Waals surface area (Å²) in [6.45, 7) is 0.235. The molecule has 1 aromatic rings. The number of rotatable bonds is 6. The lowest BCUT2D eigenvalue weighted by Gasteiger charge is -2.21. The van der Waals surface area contributed by atoms with Crippen LogP contribution in [0.3, 0.4) is 0 Å². The topological polar surface area (TPSA) is 47.6 Å². The summed E-state index contributed by atoms with van der Waals surface area (Å²) in [5.41, 5.74) is 0.833. The van der Waals surface area contributed by atoms with Gasteiger partial charge in [-0.2, -0.15) is 0 Å². The largest absolute Gasteiger partial charge is 0.445 e. The van der Waals surface area contributed by atoms with Gasteiger partial charge in [-0.1, -0.05) is 42.5 Å². The average molecular weight is 297 g/mol. The van der Waals surface area contributed by atoms with Gasteiger partial charge in [-0.3, -0.25) is 0 Å². The number of carbonyl (C=O) groups is 1. The zero-order valence-corrected chi connectivity index (χ0v) is 11.4. The average Bonchev–Trinajstić information content (AvgIpc) is 3.00. The van der Waals surface area contributed by atoms with E-state index in [1.807, 2.05) is 30.3 Å². The highest BCUT2D eigenvalue weighted by molar-refractivity contribution is 5.67. The molecule has 0 bridgehead atoms. The SMILES string of the molecule is O=C(NC[C@@H](C(F)F)[C@@H]1C=CCO1)OCc1ccccc1. The summed E-state index contributed by atoms with van der Waals surface area (Å²) in [5.74, 6) is -1.08. The normalized spacial score (nSPS) is 18.7. The zero-order chi connectivity index (χ0) is 15.1. The summed E-state index contributed by atoms with van der Waals surface area (Å²) in [7, 11) is 0. The minimum absolute atomic E-state index is 0.103. The third-order valence-electron chi connectivity index (χ3n) is 3.15. The summed E-state index contributed by atoms with van der Waals surface area (Å²) >= 11 is 0. The van der Waals surface area contributed by atoms with Crippen LogP contribution < -0.4 is 5.32 Å². The monoisotopic (exact) mass is 297 g/mol. The lowest BCUT2D eigenvalue weighted by molar-refractivity contribution is -0.00938. The summed E-state index contributed by atoms with van der Waals surface area (Å²) in [6.07, 6.45) is -0.681. The van der Waals surface area contributed by atoms with Gasteiger partial charge in [-0.25, -0.2) is 13.6 Å². The summed E-state index contributed by atoms with van der Waals surface area (Å²) in [4.78, 5) is 11.5. The molecule has 1 aliphatic rings. The van der Waals surface area contributed by atoms with Gasteiger partial charge in [0.15, 0.2) is 0 Å². The Bertz CT molecular complexity index is 479. The third-order valence-corrected chi connectivity index (χ3v) is 3.15. The van der Waals surface area contributed by atoms with Gasteiger partial charge in [0.25, 0.3) is 0 Å². The molecule has 0 aromatic heterocycles. The zero-order valence-electron chi connectivity index (χ0n) is 11.4. The molecular weight excluding hydrogens is 280 g/mol. The van der Waals surface area contributed by atoms with E-state index in [1.54, 1.807) is 12.2 Å². The molecule has 0 saturated heterocycles. The number of nitrogens with one attached hydrogen (secondary N) is 1. The van der Waals surface area contributed by atoms with Crippen molar-refractivity contribution in [1.29, 1.82) is 0 Å². The van der Waals surface area contributed by atoms with Gasteiger partial charge in [-0.05, 0) is 5.56 Å². The van der Waals surface area contributed by atoms with Gasteiger partial charge in [-0.15, -0.1) is 0 Å². The summed E-state index contributed by atoms with van der Waals surface area (Å²) in [6, 6.07) is 9.13. The van der Waals surface area contributed by atoms with Crippen molar-refractivity contribution in [3.05, 3.63) is 48.0 Å². The molecule has 0 spiro atoms. The molecular formula is C15H17F2NO3. The molecule has 2 atom stereocenters.